The van der Waals surface area contributed by atoms with Crippen LogP contribution in [0, 0.1) is 6.92 Å². The van der Waals surface area contributed by atoms with Gasteiger partial charge < -0.3 is 0 Å². The van der Waals surface area contributed by atoms with E-state index in [4.69, 9.17) is 0 Å². The largest absolute Gasteiger partial charge is 0.290 e. The lowest BCUT2D eigenvalue weighted by Crippen LogP contribution is -2.30. The lowest BCUT2D eigenvalue weighted by molar-refractivity contribution is -0.677. The van der Waals surface area contributed by atoms with Gasteiger partial charge in [0.1, 0.15) is 12.4 Å². The van der Waals surface area contributed by atoms with Gasteiger partial charge >= 0.3 is 0 Å². The Morgan fingerprint density at radius 1 is 1.31 bits per heavy atom. The smallest absolute Gasteiger partial charge is 0.253 e. The second kappa shape index (κ2) is 4.31. The van der Waals surface area contributed by atoms with E-state index in [1.54, 1.807) is 0 Å². The van der Waals surface area contributed by atoms with Gasteiger partial charge in [-0.3, -0.25) is 4.79 Å². The number of rotatable bonds is 3. The molecule has 2 aromatic rings. The van der Waals surface area contributed by atoms with Crippen LogP contribution in [0.1, 0.15) is 16.2 Å². The van der Waals surface area contributed by atoms with Crippen molar-refractivity contribution in [2.24, 2.45) is 7.05 Å². The quantitative estimate of drug-likeness (QED) is 0.563. The molecule has 0 saturated carbocycles. The van der Waals surface area contributed by atoms with Gasteiger partial charge in [0, 0.05) is 12.5 Å². The first-order valence-corrected chi connectivity index (χ1v) is 5.28. The van der Waals surface area contributed by atoms with Crippen molar-refractivity contribution in [1.82, 2.24) is 4.57 Å². The molecule has 0 amide bonds. The van der Waals surface area contributed by atoms with E-state index in [1.807, 2.05) is 65.8 Å². The maximum Gasteiger partial charge on any atom is 0.253 e. The first-order valence-electron chi connectivity index (χ1n) is 5.28. The number of aromatic nitrogens is 2. The summed E-state index contributed by atoms with van der Waals surface area (Å²) in [5, 5.41) is 0. The lowest BCUT2D eigenvalue weighted by Gasteiger charge is -1.99. The van der Waals surface area contributed by atoms with Crippen molar-refractivity contribution in [3.05, 3.63) is 54.1 Å². The topological polar surface area (TPSA) is 25.9 Å². The number of carbonyl (C=O) groups excluding carboxylic acids is 1. The fourth-order valence-electron chi connectivity index (χ4n) is 1.64. The molecule has 0 radical (unpaired) electrons. The number of hydrogen-bond donors (Lipinski definition) is 0. The Hall–Kier alpha value is -1.90. The van der Waals surface area contributed by atoms with Crippen molar-refractivity contribution in [1.29, 1.82) is 0 Å². The molecule has 0 fully saturated rings. The van der Waals surface area contributed by atoms with Crippen LogP contribution in [0.3, 0.4) is 0 Å². The van der Waals surface area contributed by atoms with Gasteiger partial charge in [0.15, 0.2) is 6.54 Å². The van der Waals surface area contributed by atoms with Gasteiger partial charge in [0.25, 0.3) is 5.82 Å². The molecule has 0 atom stereocenters. The van der Waals surface area contributed by atoms with E-state index >= 15 is 0 Å². The molecule has 3 heteroatoms. The highest BCUT2D eigenvalue weighted by molar-refractivity contribution is 5.95. The van der Waals surface area contributed by atoms with Gasteiger partial charge in [-0.05, 0) is 0 Å². The summed E-state index contributed by atoms with van der Waals surface area (Å²) in [5.74, 6) is 1.21. The van der Waals surface area contributed by atoms with Crippen LogP contribution in [0.25, 0.3) is 0 Å². The predicted molar refractivity (Wildman–Crippen MR) is 61.1 cm³/mol. The molecule has 2 rings (SSSR count). The molecule has 0 saturated heterocycles. The first kappa shape index (κ1) is 10.6. The van der Waals surface area contributed by atoms with Gasteiger partial charge in [-0.1, -0.05) is 30.3 Å². The van der Waals surface area contributed by atoms with E-state index in [0.717, 1.165) is 11.4 Å². The second-order valence-electron chi connectivity index (χ2n) is 3.87. The maximum atomic E-state index is 11.9. The molecule has 82 valence electrons. The number of ketones is 1. The summed E-state index contributed by atoms with van der Waals surface area (Å²) in [6.45, 7) is 2.40. The Labute approximate surface area is 95.0 Å². The summed E-state index contributed by atoms with van der Waals surface area (Å²) in [7, 11) is 1.97. The third-order valence-electron chi connectivity index (χ3n) is 2.81. The highest BCUT2D eigenvalue weighted by Crippen LogP contribution is 2.03. The Balaban J connectivity index is 2.17. The van der Waals surface area contributed by atoms with Crippen LogP contribution in [-0.4, -0.2) is 10.4 Å². The normalized spacial score (nSPS) is 10.4. The summed E-state index contributed by atoms with van der Waals surface area (Å²) < 4.78 is 3.95. The number of hydrogen-bond acceptors (Lipinski definition) is 1. The third-order valence-corrected chi connectivity index (χ3v) is 2.81. The third kappa shape index (κ3) is 2.03. The molecule has 1 aromatic carbocycles. The summed E-state index contributed by atoms with van der Waals surface area (Å²) in [5.41, 5.74) is 0.762. The lowest BCUT2D eigenvalue weighted by atomic mass is 10.1. The molecular weight excluding hydrogens is 200 g/mol. The Kier molecular flexibility index (Phi) is 2.86. The van der Waals surface area contributed by atoms with Crippen molar-refractivity contribution >= 4 is 5.78 Å². The fourth-order valence-corrected chi connectivity index (χ4v) is 1.64. The molecule has 3 nitrogen and oxygen atoms in total. The van der Waals surface area contributed by atoms with Crippen LogP contribution in [0.5, 0.6) is 0 Å². The molecule has 0 aliphatic heterocycles. The van der Waals surface area contributed by atoms with E-state index in [2.05, 4.69) is 0 Å². The van der Waals surface area contributed by atoms with Crippen molar-refractivity contribution in [3.63, 3.8) is 0 Å². The van der Waals surface area contributed by atoms with Crippen LogP contribution >= 0.6 is 0 Å². The summed E-state index contributed by atoms with van der Waals surface area (Å²) in [6, 6.07) is 9.38. The predicted octanol–water partition coefficient (Wildman–Crippen LogP) is 1.50. The minimum absolute atomic E-state index is 0.139. The molecule has 0 spiro atoms. The first-order chi connectivity index (χ1) is 7.68. The highest BCUT2D eigenvalue weighted by atomic mass is 16.1. The average molecular weight is 215 g/mol. The van der Waals surface area contributed by atoms with Crippen LogP contribution in [0.15, 0.2) is 42.7 Å². The molecule has 16 heavy (non-hydrogen) atoms. The minimum Gasteiger partial charge on any atom is -0.290 e. The highest BCUT2D eigenvalue weighted by Gasteiger charge is 2.14. The number of aryl methyl sites for hydroxylation is 1. The molecule has 0 aliphatic carbocycles. The average Bonchev–Trinajstić information content (AvgIpc) is 2.62. The van der Waals surface area contributed by atoms with Gasteiger partial charge in [0.05, 0.1) is 7.05 Å². The monoisotopic (exact) mass is 215 g/mol. The van der Waals surface area contributed by atoms with Crippen molar-refractivity contribution in [2.75, 3.05) is 0 Å². The van der Waals surface area contributed by atoms with Gasteiger partial charge in [-0.2, -0.15) is 0 Å². The van der Waals surface area contributed by atoms with Gasteiger partial charge in [0.2, 0.25) is 5.78 Å². The summed E-state index contributed by atoms with van der Waals surface area (Å²) in [4.78, 5) is 11.9. The molecule has 0 unspecified atom stereocenters. The number of nitrogens with zero attached hydrogens (tertiary/aromatic N) is 2. The zero-order chi connectivity index (χ0) is 11.5. The van der Waals surface area contributed by atoms with Crippen LogP contribution in [0.4, 0.5) is 0 Å². The molecular formula is C13H15N2O+. The minimum atomic E-state index is 0.139. The summed E-state index contributed by atoms with van der Waals surface area (Å²) in [6.07, 6.45) is 3.88. The van der Waals surface area contributed by atoms with Crippen LogP contribution in [0.2, 0.25) is 0 Å². The zero-order valence-electron chi connectivity index (χ0n) is 9.55. The van der Waals surface area contributed by atoms with Crippen molar-refractivity contribution in [2.45, 2.75) is 13.5 Å². The SMILES string of the molecule is Cc1n(CC(=O)c2ccccc2)cc[n+]1C. The van der Waals surface area contributed by atoms with Gasteiger partial charge in [-0.15, -0.1) is 0 Å². The standard InChI is InChI=1S/C13H15N2O/c1-11-14(2)8-9-15(11)10-13(16)12-6-4-3-5-7-12/h3-9H,10H2,1-2H3/q+1. The van der Waals surface area contributed by atoms with Crippen molar-refractivity contribution < 1.29 is 9.36 Å². The molecule has 0 N–H and O–H groups in total. The molecule has 1 heterocycles. The van der Waals surface area contributed by atoms with E-state index in [0.29, 0.717) is 6.54 Å². The number of Topliss-reactive ketones (excluding diaryl/α,β-unsaturated/α-hetero) is 1. The summed E-state index contributed by atoms with van der Waals surface area (Å²) >= 11 is 0. The van der Waals surface area contributed by atoms with E-state index in [1.165, 1.54) is 0 Å². The van der Waals surface area contributed by atoms with Crippen LogP contribution < -0.4 is 4.57 Å². The Bertz CT molecular complexity index is 500. The fraction of sp³-hybridized carbons (Fsp3) is 0.231. The molecule has 0 bridgehead atoms. The molecule has 0 aliphatic rings. The van der Waals surface area contributed by atoms with E-state index < -0.39 is 0 Å². The Morgan fingerprint density at radius 2 is 2.00 bits per heavy atom. The number of imidazole rings is 1. The van der Waals surface area contributed by atoms with E-state index in [-0.39, 0.29) is 5.78 Å². The molecule has 1 aromatic heterocycles. The second-order valence-corrected chi connectivity index (χ2v) is 3.87. The van der Waals surface area contributed by atoms with Gasteiger partial charge in [-0.25, -0.2) is 9.13 Å². The maximum absolute atomic E-state index is 11.9. The number of carbonyl (C=O) groups is 1. The van der Waals surface area contributed by atoms with Crippen LogP contribution in [-0.2, 0) is 13.6 Å². The Morgan fingerprint density at radius 3 is 2.56 bits per heavy atom. The van der Waals surface area contributed by atoms with E-state index in [9.17, 15) is 4.79 Å². The zero-order valence-corrected chi connectivity index (χ0v) is 9.55. The van der Waals surface area contributed by atoms with Crippen molar-refractivity contribution in [3.8, 4) is 0 Å². The number of benzene rings is 1.